The normalized spacial score (nSPS) is 17.0. The van der Waals surface area contributed by atoms with E-state index in [0.29, 0.717) is 12.3 Å². The number of nitrogens with zero attached hydrogens (tertiary/aromatic N) is 2. The summed E-state index contributed by atoms with van der Waals surface area (Å²) in [5, 5.41) is 2.67. The Morgan fingerprint density at radius 3 is 2.72 bits per heavy atom. The fraction of sp³-hybridized carbons (Fsp3) is 0.455. The van der Waals surface area contributed by atoms with Gasteiger partial charge in [-0.2, -0.15) is 4.31 Å². The molecule has 2 aromatic rings. The summed E-state index contributed by atoms with van der Waals surface area (Å²) in [6.45, 7) is 2.34. The predicted molar refractivity (Wildman–Crippen MR) is 118 cm³/mol. The standard InChI is InChI=1S/C22H29N3O6S/c1-16-7-4-5-11-25(16)32(28,29)20-13-17(9-10-19(20)30-3)22(27)24(2)15-21(26)23-14-18-8-6-12-31-18/h6,8-10,12-13,16H,4-5,7,11,14-15H2,1-3H3,(H,23,26). The molecule has 0 saturated carbocycles. The largest absolute Gasteiger partial charge is 0.495 e. The van der Waals surface area contributed by atoms with Gasteiger partial charge in [-0.15, -0.1) is 0 Å². The molecule has 1 saturated heterocycles. The lowest BCUT2D eigenvalue weighted by Crippen LogP contribution is -2.42. The monoisotopic (exact) mass is 463 g/mol. The fourth-order valence-corrected chi connectivity index (χ4v) is 5.61. The van der Waals surface area contributed by atoms with Gasteiger partial charge >= 0.3 is 0 Å². The van der Waals surface area contributed by atoms with E-state index in [2.05, 4.69) is 5.32 Å². The number of amides is 2. The molecule has 1 aromatic carbocycles. The first-order chi connectivity index (χ1) is 15.2. The molecule has 32 heavy (non-hydrogen) atoms. The highest BCUT2D eigenvalue weighted by atomic mass is 32.2. The molecule has 9 nitrogen and oxygen atoms in total. The average molecular weight is 464 g/mol. The molecule has 1 N–H and O–H groups in total. The third kappa shape index (κ3) is 5.31. The maximum absolute atomic E-state index is 13.3. The van der Waals surface area contributed by atoms with E-state index in [9.17, 15) is 18.0 Å². The average Bonchev–Trinajstić information content (AvgIpc) is 3.30. The molecular formula is C22H29N3O6S. The molecule has 2 heterocycles. The van der Waals surface area contributed by atoms with Crippen LogP contribution >= 0.6 is 0 Å². The van der Waals surface area contributed by atoms with Gasteiger partial charge in [-0.05, 0) is 50.1 Å². The number of hydrogen-bond donors (Lipinski definition) is 1. The van der Waals surface area contributed by atoms with Gasteiger partial charge in [-0.25, -0.2) is 8.42 Å². The van der Waals surface area contributed by atoms with Gasteiger partial charge in [-0.1, -0.05) is 6.42 Å². The van der Waals surface area contributed by atoms with Crippen LogP contribution in [0.4, 0.5) is 0 Å². The Hall–Kier alpha value is -2.85. The molecule has 1 fully saturated rings. The van der Waals surface area contributed by atoms with E-state index >= 15 is 0 Å². The summed E-state index contributed by atoms with van der Waals surface area (Å²) < 4.78 is 38.6. The fourth-order valence-electron chi connectivity index (χ4n) is 3.73. The second-order valence-corrected chi connectivity index (χ2v) is 9.70. The number of sulfonamides is 1. The van der Waals surface area contributed by atoms with Crippen LogP contribution in [-0.2, 0) is 21.4 Å². The zero-order valence-electron chi connectivity index (χ0n) is 18.5. The van der Waals surface area contributed by atoms with Crippen molar-refractivity contribution in [2.24, 2.45) is 0 Å². The number of carbonyl (C=O) groups excluding carboxylic acids is 2. The third-order valence-electron chi connectivity index (χ3n) is 5.51. The summed E-state index contributed by atoms with van der Waals surface area (Å²) in [5.41, 5.74) is 0.162. The van der Waals surface area contributed by atoms with Crippen molar-refractivity contribution in [2.75, 3.05) is 27.2 Å². The SMILES string of the molecule is COc1ccc(C(=O)N(C)CC(=O)NCc2ccco2)cc1S(=O)(=O)N1CCCCC1C. The van der Waals surface area contributed by atoms with Crippen LogP contribution in [0.2, 0.25) is 0 Å². The maximum Gasteiger partial charge on any atom is 0.254 e. The number of benzene rings is 1. The van der Waals surface area contributed by atoms with Crippen molar-refractivity contribution >= 4 is 21.8 Å². The quantitative estimate of drug-likeness (QED) is 0.643. The van der Waals surface area contributed by atoms with Gasteiger partial charge in [0.15, 0.2) is 0 Å². The Labute approximate surface area is 188 Å². The lowest BCUT2D eigenvalue weighted by molar-refractivity contribution is -0.121. The number of piperidine rings is 1. The number of nitrogens with one attached hydrogen (secondary N) is 1. The van der Waals surface area contributed by atoms with E-state index in [-0.39, 0.29) is 41.2 Å². The number of methoxy groups -OCH3 is 1. The van der Waals surface area contributed by atoms with E-state index in [1.54, 1.807) is 12.1 Å². The number of ether oxygens (including phenoxy) is 1. The number of carbonyl (C=O) groups is 2. The van der Waals surface area contributed by atoms with Gasteiger partial charge in [0.2, 0.25) is 15.9 Å². The highest BCUT2D eigenvalue weighted by Gasteiger charge is 2.34. The van der Waals surface area contributed by atoms with E-state index in [0.717, 1.165) is 19.3 Å². The van der Waals surface area contributed by atoms with Gasteiger partial charge in [0.05, 0.1) is 26.5 Å². The highest BCUT2D eigenvalue weighted by molar-refractivity contribution is 7.89. The van der Waals surface area contributed by atoms with Crippen molar-refractivity contribution in [3.63, 3.8) is 0 Å². The number of furan rings is 1. The van der Waals surface area contributed by atoms with Gasteiger partial charge in [0.25, 0.3) is 5.91 Å². The molecule has 1 atom stereocenters. The van der Waals surface area contributed by atoms with E-state index in [1.807, 2.05) is 6.92 Å². The number of likely N-dealkylation sites (N-methyl/N-ethyl adjacent to an activating group) is 1. The van der Waals surface area contributed by atoms with Crippen LogP contribution in [0, 0.1) is 0 Å². The lowest BCUT2D eigenvalue weighted by Gasteiger charge is -2.32. The maximum atomic E-state index is 13.3. The lowest BCUT2D eigenvalue weighted by atomic mass is 10.1. The molecule has 1 unspecified atom stereocenters. The minimum atomic E-state index is -3.84. The summed E-state index contributed by atoms with van der Waals surface area (Å²) in [5.74, 6) is -0.0490. The topological polar surface area (TPSA) is 109 Å². The van der Waals surface area contributed by atoms with Gasteiger partial charge < -0.3 is 19.4 Å². The summed E-state index contributed by atoms with van der Waals surface area (Å²) in [7, 11) is -0.965. The molecule has 174 valence electrons. The van der Waals surface area contributed by atoms with Crippen molar-refractivity contribution in [3.8, 4) is 5.75 Å². The van der Waals surface area contributed by atoms with Crippen LogP contribution in [0.5, 0.6) is 5.75 Å². The smallest absolute Gasteiger partial charge is 0.254 e. The zero-order chi connectivity index (χ0) is 23.3. The molecule has 2 amide bonds. The van der Waals surface area contributed by atoms with E-state index in [1.165, 1.54) is 47.8 Å². The van der Waals surface area contributed by atoms with Crippen LogP contribution in [-0.4, -0.2) is 62.7 Å². The van der Waals surface area contributed by atoms with Gasteiger partial charge in [0, 0.05) is 25.2 Å². The Kier molecular flexibility index (Phi) is 7.57. The molecular weight excluding hydrogens is 434 g/mol. The Morgan fingerprint density at radius 1 is 1.28 bits per heavy atom. The van der Waals surface area contributed by atoms with Crippen LogP contribution in [0.25, 0.3) is 0 Å². The molecule has 0 radical (unpaired) electrons. The third-order valence-corrected chi connectivity index (χ3v) is 7.54. The van der Waals surface area contributed by atoms with Crippen molar-refractivity contribution < 1.29 is 27.2 Å². The van der Waals surface area contributed by atoms with Crippen LogP contribution in [0.1, 0.15) is 42.3 Å². The van der Waals surface area contributed by atoms with Crippen LogP contribution in [0.3, 0.4) is 0 Å². The van der Waals surface area contributed by atoms with Gasteiger partial charge in [-0.3, -0.25) is 9.59 Å². The number of hydrogen-bond acceptors (Lipinski definition) is 6. The molecule has 0 spiro atoms. The molecule has 10 heteroatoms. The Bertz CT molecular complexity index is 1050. The second kappa shape index (κ2) is 10.2. The Morgan fingerprint density at radius 2 is 2.06 bits per heavy atom. The molecule has 1 aliphatic rings. The van der Waals surface area contributed by atoms with Gasteiger partial charge in [0.1, 0.15) is 16.4 Å². The predicted octanol–water partition coefficient (Wildman–Crippen LogP) is 2.24. The van der Waals surface area contributed by atoms with Crippen molar-refractivity contribution in [1.29, 1.82) is 0 Å². The van der Waals surface area contributed by atoms with Crippen LogP contribution < -0.4 is 10.1 Å². The van der Waals surface area contributed by atoms with E-state index < -0.39 is 15.9 Å². The molecule has 3 rings (SSSR count). The first-order valence-electron chi connectivity index (χ1n) is 10.5. The zero-order valence-corrected chi connectivity index (χ0v) is 19.4. The number of rotatable bonds is 8. The molecule has 1 aromatic heterocycles. The second-order valence-electron chi connectivity index (χ2n) is 7.84. The summed E-state index contributed by atoms with van der Waals surface area (Å²) in [4.78, 5) is 26.3. The first-order valence-corrected chi connectivity index (χ1v) is 11.9. The molecule has 1 aliphatic heterocycles. The Balaban J connectivity index is 1.76. The van der Waals surface area contributed by atoms with E-state index in [4.69, 9.17) is 9.15 Å². The van der Waals surface area contributed by atoms with Crippen molar-refractivity contribution in [3.05, 3.63) is 47.9 Å². The summed E-state index contributed by atoms with van der Waals surface area (Å²) in [6, 6.07) is 7.62. The molecule has 0 aliphatic carbocycles. The minimum absolute atomic E-state index is 0.0460. The van der Waals surface area contributed by atoms with Crippen molar-refractivity contribution in [1.82, 2.24) is 14.5 Å². The summed E-state index contributed by atoms with van der Waals surface area (Å²) in [6.07, 6.45) is 4.07. The molecule has 0 bridgehead atoms. The van der Waals surface area contributed by atoms with Crippen LogP contribution in [0.15, 0.2) is 45.9 Å². The highest BCUT2D eigenvalue weighted by Crippen LogP contribution is 2.31. The first kappa shape index (κ1) is 23.8. The minimum Gasteiger partial charge on any atom is -0.495 e. The summed E-state index contributed by atoms with van der Waals surface area (Å²) >= 11 is 0. The van der Waals surface area contributed by atoms with Crippen molar-refractivity contribution in [2.45, 2.75) is 43.7 Å².